The van der Waals surface area contributed by atoms with Crippen LogP contribution in [0.1, 0.15) is 18.4 Å². The van der Waals surface area contributed by atoms with Crippen LogP contribution < -0.4 is 0 Å². The van der Waals surface area contributed by atoms with Crippen molar-refractivity contribution in [2.75, 3.05) is 13.1 Å². The summed E-state index contributed by atoms with van der Waals surface area (Å²) in [7, 11) is 0. The Bertz CT molecular complexity index is 1320. The lowest BCUT2D eigenvalue weighted by Gasteiger charge is -2.48. The van der Waals surface area contributed by atoms with Gasteiger partial charge in [0.2, 0.25) is 5.91 Å². The monoisotopic (exact) mass is 495 g/mol. The maximum absolute atomic E-state index is 15.7. The maximum atomic E-state index is 15.7. The number of carbonyl (C=O) groups is 1. The fourth-order valence-electron chi connectivity index (χ4n) is 4.91. The van der Waals surface area contributed by atoms with Gasteiger partial charge in [0.15, 0.2) is 5.83 Å². The number of fused-ring (bicyclic) bond motifs is 2. The Balaban J connectivity index is 1.38. The van der Waals surface area contributed by atoms with Crippen LogP contribution in [0, 0.1) is 0 Å². The van der Waals surface area contributed by atoms with Crippen LogP contribution in [0.2, 0.25) is 0 Å². The number of carbonyl (C=O) groups excluding carboxylic acids is 1. The highest BCUT2D eigenvalue weighted by Crippen LogP contribution is 2.42. The van der Waals surface area contributed by atoms with Gasteiger partial charge < -0.3 is 14.9 Å². The van der Waals surface area contributed by atoms with Crippen molar-refractivity contribution in [1.29, 1.82) is 0 Å². The Morgan fingerprint density at radius 3 is 2.85 bits per heavy atom. The molecule has 2 saturated heterocycles. The molecule has 0 saturated carbocycles. The van der Waals surface area contributed by atoms with Crippen molar-refractivity contribution in [3.05, 3.63) is 83.2 Å². The van der Waals surface area contributed by atoms with Crippen molar-refractivity contribution < 1.29 is 14.3 Å². The highest BCUT2D eigenvalue weighted by atomic mass is 35.5. The predicted octanol–water partition coefficient (Wildman–Crippen LogP) is 5.78. The maximum Gasteiger partial charge on any atom is 0.246 e. The second-order valence-electron chi connectivity index (χ2n) is 8.49. The molecular weight excluding hydrogens is 473 g/mol. The minimum atomic E-state index is -0.506. The first kappa shape index (κ1) is 22.7. The SMILES string of the molecule is C=CC(=O)N1CCC2C1CN2C(=C)S/N=C1\CC=C(Cl)C(c2cc(O)cc3ccccc23)=C1F. The van der Waals surface area contributed by atoms with Crippen molar-refractivity contribution in [2.24, 2.45) is 4.40 Å². The van der Waals surface area contributed by atoms with Gasteiger partial charge in [0, 0.05) is 42.1 Å². The number of hydrogen-bond donors (Lipinski definition) is 1. The van der Waals surface area contributed by atoms with E-state index in [0.717, 1.165) is 34.2 Å². The van der Waals surface area contributed by atoms with Gasteiger partial charge in [0.05, 0.1) is 22.8 Å². The number of likely N-dealkylation sites (tertiary alicyclic amines) is 2. The van der Waals surface area contributed by atoms with E-state index < -0.39 is 5.83 Å². The Morgan fingerprint density at radius 2 is 2.06 bits per heavy atom. The van der Waals surface area contributed by atoms with E-state index in [1.165, 1.54) is 12.1 Å². The zero-order valence-corrected chi connectivity index (χ0v) is 19.9. The molecule has 2 fully saturated rings. The first-order chi connectivity index (χ1) is 16.4. The van der Waals surface area contributed by atoms with Gasteiger partial charge in [-0.2, -0.15) is 0 Å². The molecule has 8 heteroatoms. The van der Waals surface area contributed by atoms with Gasteiger partial charge in [0.25, 0.3) is 0 Å². The predicted molar refractivity (Wildman–Crippen MR) is 137 cm³/mol. The van der Waals surface area contributed by atoms with Gasteiger partial charge in [-0.15, -0.1) is 0 Å². The second-order valence-corrected chi connectivity index (χ2v) is 9.74. The highest BCUT2D eigenvalue weighted by molar-refractivity contribution is 8.01. The van der Waals surface area contributed by atoms with Crippen LogP contribution in [-0.2, 0) is 4.79 Å². The molecule has 174 valence electrons. The number of amides is 1. The Kier molecular flexibility index (Phi) is 6.00. The van der Waals surface area contributed by atoms with E-state index in [1.807, 2.05) is 29.2 Å². The standard InChI is InChI=1S/C26H23ClFN3O2S/c1-3-24(33)30-11-10-22-23(30)14-31(22)15(2)34-29-21-9-8-20(27)25(26(21)28)19-13-17(32)12-16-6-4-5-7-18(16)19/h3-8,12-13,22-23,32H,1-2,9-11,14H2/b29-21+. The smallest absolute Gasteiger partial charge is 0.246 e. The normalized spacial score (nSPS) is 23.1. The summed E-state index contributed by atoms with van der Waals surface area (Å²) >= 11 is 7.58. The average Bonchev–Trinajstić information content (AvgIpc) is 3.13. The van der Waals surface area contributed by atoms with Gasteiger partial charge >= 0.3 is 0 Å². The lowest BCUT2D eigenvalue weighted by Crippen LogP contribution is -2.61. The molecule has 2 unspecified atom stereocenters. The molecule has 0 aromatic heterocycles. The largest absolute Gasteiger partial charge is 0.508 e. The molecule has 0 radical (unpaired) electrons. The van der Waals surface area contributed by atoms with Crippen molar-refractivity contribution in [1.82, 2.24) is 9.80 Å². The van der Waals surface area contributed by atoms with Crippen LogP contribution in [0.5, 0.6) is 5.75 Å². The quantitative estimate of drug-likeness (QED) is 0.421. The molecule has 2 aromatic carbocycles. The number of phenols is 1. The van der Waals surface area contributed by atoms with Crippen LogP contribution in [0.25, 0.3) is 16.3 Å². The fraction of sp³-hybridized carbons (Fsp3) is 0.231. The zero-order valence-electron chi connectivity index (χ0n) is 18.4. The molecule has 2 atom stereocenters. The zero-order chi connectivity index (χ0) is 24.0. The van der Waals surface area contributed by atoms with E-state index in [4.69, 9.17) is 11.6 Å². The fourth-order valence-corrected chi connectivity index (χ4v) is 5.86. The summed E-state index contributed by atoms with van der Waals surface area (Å²) in [5.74, 6) is -0.512. The van der Waals surface area contributed by atoms with E-state index in [9.17, 15) is 9.90 Å². The van der Waals surface area contributed by atoms with E-state index in [-0.39, 0.29) is 41.4 Å². The van der Waals surface area contributed by atoms with Crippen LogP contribution in [-0.4, -0.2) is 51.7 Å². The molecule has 34 heavy (non-hydrogen) atoms. The van der Waals surface area contributed by atoms with E-state index in [0.29, 0.717) is 23.7 Å². The van der Waals surface area contributed by atoms with Crippen LogP contribution in [0.4, 0.5) is 4.39 Å². The number of aromatic hydroxyl groups is 1. The molecule has 0 bridgehead atoms. The highest BCUT2D eigenvalue weighted by Gasteiger charge is 2.48. The number of rotatable bonds is 5. The second kappa shape index (κ2) is 8.96. The van der Waals surface area contributed by atoms with Gasteiger partial charge in [-0.25, -0.2) is 8.79 Å². The number of phenolic OH excluding ortho intramolecular Hbond substituents is 1. The third-order valence-electron chi connectivity index (χ3n) is 6.64. The number of benzene rings is 2. The number of nitrogens with zero attached hydrogens (tertiary/aromatic N) is 3. The first-order valence-corrected chi connectivity index (χ1v) is 12.1. The van der Waals surface area contributed by atoms with Crippen LogP contribution in [0.3, 0.4) is 0 Å². The average molecular weight is 496 g/mol. The number of halogens is 2. The van der Waals surface area contributed by atoms with E-state index in [1.54, 1.807) is 12.1 Å². The molecule has 5 nitrogen and oxygen atoms in total. The third kappa shape index (κ3) is 3.83. The minimum absolute atomic E-state index is 0.0400. The molecule has 1 aliphatic carbocycles. The third-order valence-corrected chi connectivity index (χ3v) is 7.74. The molecule has 2 heterocycles. The summed E-state index contributed by atoms with van der Waals surface area (Å²) < 4.78 is 20.1. The lowest BCUT2D eigenvalue weighted by molar-refractivity contribution is -0.129. The van der Waals surface area contributed by atoms with Gasteiger partial charge in [0.1, 0.15) is 5.75 Å². The summed E-state index contributed by atoms with van der Waals surface area (Å²) in [5, 5.41) is 12.8. The lowest BCUT2D eigenvalue weighted by atomic mass is 9.92. The number of allylic oxidation sites excluding steroid dienone is 4. The molecule has 3 aliphatic rings. The molecule has 2 aliphatic heterocycles. The van der Waals surface area contributed by atoms with Crippen LogP contribution in [0.15, 0.2) is 82.0 Å². The summed E-state index contributed by atoms with van der Waals surface area (Å²) in [5.41, 5.74) is 1.02. The van der Waals surface area contributed by atoms with Crippen molar-refractivity contribution in [3.63, 3.8) is 0 Å². The molecule has 1 amide bonds. The van der Waals surface area contributed by atoms with Crippen molar-refractivity contribution in [3.8, 4) is 5.75 Å². The van der Waals surface area contributed by atoms with Crippen molar-refractivity contribution >= 4 is 51.5 Å². The Morgan fingerprint density at radius 1 is 1.26 bits per heavy atom. The first-order valence-electron chi connectivity index (χ1n) is 11.0. The topological polar surface area (TPSA) is 56.1 Å². The van der Waals surface area contributed by atoms with Gasteiger partial charge in [-0.05, 0) is 41.0 Å². The van der Waals surface area contributed by atoms with Crippen molar-refractivity contribution in [2.45, 2.75) is 24.9 Å². The van der Waals surface area contributed by atoms with Gasteiger partial charge in [-0.1, -0.05) is 55.1 Å². The summed E-state index contributed by atoms with van der Waals surface area (Å²) in [4.78, 5) is 16.0. The Labute approximate surface area is 206 Å². The molecule has 5 rings (SSSR count). The molecule has 2 aromatic rings. The Hall–Kier alpha value is -3.03. The molecule has 1 N–H and O–H groups in total. The summed E-state index contributed by atoms with van der Waals surface area (Å²) in [6.07, 6.45) is 4.21. The van der Waals surface area contributed by atoms with Crippen LogP contribution >= 0.6 is 23.5 Å². The molecule has 0 spiro atoms. The van der Waals surface area contributed by atoms with E-state index in [2.05, 4.69) is 22.5 Å². The number of hydrogen-bond acceptors (Lipinski definition) is 5. The summed E-state index contributed by atoms with van der Waals surface area (Å²) in [6.45, 7) is 9.09. The summed E-state index contributed by atoms with van der Waals surface area (Å²) in [6, 6.07) is 11.0. The minimum Gasteiger partial charge on any atom is -0.508 e. The van der Waals surface area contributed by atoms with E-state index >= 15 is 4.39 Å². The molecular formula is C26H23ClFN3O2S. The van der Waals surface area contributed by atoms with Gasteiger partial charge in [-0.3, -0.25) is 4.79 Å².